The Bertz CT molecular complexity index is 1110. The molecular formula is C20H24FNO7S2. The van der Waals surface area contributed by atoms with E-state index in [2.05, 4.69) is 4.72 Å². The molecule has 0 aromatic heterocycles. The monoisotopic (exact) mass is 473 g/mol. The van der Waals surface area contributed by atoms with Crippen LogP contribution in [0.25, 0.3) is 0 Å². The molecule has 0 saturated heterocycles. The lowest BCUT2D eigenvalue weighted by atomic mass is 9.87. The summed E-state index contributed by atoms with van der Waals surface area (Å²) >= 11 is 0. The fraction of sp³-hybridized carbons (Fsp3) is 0.400. The van der Waals surface area contributed by atoms with Crippen LogP contribution in [0.1, 0.15) is 12.8 Å². The van der Waals surface area contributed by atoms with Gasteiger partial charge in [-0.15, -0.1) is 0 Å². The van der Waals surface area contributed by atoms with E-state index in [9.17, 15) is 31.4 Å². The molecule has 2 atom stereocenters. The van der Waals surface area contributed by atoms with E-state index in [1.807, 2.05) is 0 Å². The summed E-state index contributed by atoms with van der Waals surface area (Å²) in [5, 5.41) is 20.1. The van der Waals surface area contributed by atoms with Crippen LogP contribution in [-0.4, -0.2) is 58.7 Å². The van der Waals surface area contributed by atoms with Crippen molar-refractivity contribution in [3.63, 3.8) is 0 Å². The smallest absolute Gasteiger partial charge is 0.240 e. The molecule has 0 bridgehead atoms. The van der Waals surface area contributed by atoms with E-state index >= 15 is 0 Å². The quantitative estimate of drug-likeness (QED) is 0.523. The van der Waals surface area contributed by atoms with Gasteiger partial charge in [-0.25, -0.2) is 25.9 Å². The molecular weight excluding hydrogens is 449 g/mol. The molecule has 11 heteroatoms. The number of aliphatic hydroxyl groups excluding tert-OH is 2. The summed E-state index contributed by atoms with van der Waals surface area (Å²) in [5.74, 6) is -0.197. The van der Waals surface area contributed by atoms with Crippen molar-refractivity contribution in [2.75, 3.05) is 19.4 Å². The van der Waals surface area contributed by atoms with Crippen LogP contribution >= 0.6 is 0 Å². The first kappa shape index (κ1) is 23.6. The topological polar surface area (TPSA) is 130 Å². The second kappa shape index (κ2) is 8.83. The van der Waals surface area contributed by atoms with E-state index in [4.69, 9.17) is 4.74 Å². The molecule has 0 heterocycles. The van der Waals surface area contributed by atoms with Gasteiger partial charge in [0, 0.05) is 18.2 Å². The van der Waals surface area contributed by atoms with E-state index in [0.29, 0.717) is 5.75 Å². The van der Waals surface area contributed by atoms with Crippen LogP contribution in [-0.2, 0) is 19.9 Å². The number of halogens is 1. The molecule has 0 radical (unpaired) electrons. The molecule has 1 aliphatic carbocycles. The summed E-state index contributed by atoms with van der Waals surface area (Å²) in [5.41, 5.74) is -0.901. The van der Waals surface area contributed by atoms with E-state index < -0.39 is 43.3 Å². The van der Waals surface area contributed by atoms with Crippen LogP contribution in [0.2, 0.25) is 0 Å². The third-order valence-corrected chi connectivity index (χ3v) is 7.83. The molecule has 8 nitrogen and oxygen atoms in total. The largest absolute Gasteiger partial charge is 0.493 e. The number of ether oxygens (including phenoxy) is 1. The average molecular weight is 474 g/mol. The molecule has 1 saturated carbocycles. The van der Waals surface area contributed by atoms with E-state index in [-0.39, 0.29) is 35.8 Å². The van der Waals surface area contributed by atoms with Gasteiger partial charge >= 0.3 is 0 Å². The second-order valence-corrected chi connectivity index (χ2v) is 11.6. The van der Waals surface area contributed by atoms with Gasteiger partial charge in [-0.2, -0.15) is 0 Å². The van der Waals surface area contributed by atoms with Gasteiger partial charge < -0.3 is 14.9 Å². The zero-order valence-corrected chi connectivity index (χ0v) is 18.4. The number of sulfone groups is 1. The standard InChI is InChI=1S/C20H24FNO7S2/c1-30(25,26)16-8-4-15(5-9-16)29-13-20(10-18(23)19(24)11-20)12-22-31(27,28)17-6-2-14(21)3-7-17/h2-9,18-19,22-24H,10-13H2,1H3. The van der Waals surface area contributed by atoms with Gasteiger partial charge in [0.15, 0.2) is 9.84 Å². The van der Waals surface area contributed by atoms with Crippen molar-refractivity contribution >= 4 is 19.9 Å². The van der Waals surface area contributed by atoms with Crippen molar-refractivity contribution in [2.24, 2.45) is 5.41 Å². The Balaban J connectivity index is 1.73. The third kappa shape index (κ3) is 5.80. The molecule has 1 aliphatic rings. The maximum atomic E-state index is 13.1. The van der Waals surface area contributed by atoms with Gasteiger partial charge in [0.25, 0.3) is 0 Å². The van der Waals surface area contributed by atoms with Gasteiger partial charge in [-0.3, -0.25) is 0 Å². The summed E-state index contributed by atoms with van der Waals surface area (Å²) in [6.07, 6.45) is -0.784. The van der Waals surface area contributed by atoms with Crippen LogP contribution in [0.15, 0.2) is 58.3 Å². The van der Waals surface area contributed by atoms with E-state index in [1.165, 1.54) is 24.3 Å². The lowest BCUT2D eigenvalue weighted by molar-refractivity contribution is 0.0438. The Kier molecular flexibility index (Phi) is 6.72. The minimum absolute atomic E-state index is 0.0225. The molecule has 31 heavy (non-hydrogen) atoms. The first-order chi connectivity index (χ1) is 14.4. The minimum Gasteiger partial charge on any atom is -0.493 e. The molecule has 2 unspecified atom stereocenters. The molecule has 3 N–H and O–H groups in total. The Labute approximate surface area is 180 Å². The highest BCUT2D eigenvalue weighted by molar-refractivity contribution is 7.90. The minimum atomic E-state index is -3.94. The van der Waals surface area contributed by atoms with Gasteiger partial charge in [-0.1, -0.05) is 0 Å². The average Bonchev–Trinajstić information content (AvgIpc) is 2.99. The molecule has 2 aromatic carbocycles. The number of benzene rings is 2. The highest BCUT2D eigenvalue weighted by Crippen LogP contribution is 2.39. The van der Waals surface area contributed by atoms with Crippen LogP contribution in [0.3, 0.4) is 0 Å². The molecule has 2 aromatic rings. The van der Waals surface area contributed by atoms with Gasteiger partial charge in [0.1, 0.15) is 11.6 Å². The maximum absolute atomic E-state index is 13.1. The van der Waals surface area contributed by atoms with Gasteiger partial charge in [0.2, 0.25) is 10.0 Å². The van der Waals surface area contributed by atoms with Crippen molar-refractivity contribution in [1.29, 1.82) is 0 Å². The number of sulfonamides is 1. The molecule has 0 aliphatic heterocycles. The van der Waals surface area contributed by atoms with Crippen molar-refractivity contribution in [1.82, 2.24) is 4.72 Å². The second-order valence-electron chi connectivity index (χ2n) is 7.85. The van der Waals surface area contributed by atoms with Crippen LogP contribution in [0.4, 0.5) is 4.39 Å². The summed E-state index contributed by atoms with van der Waals surface area (Å²) < 4.78 is 69.5. The summed E-state index contributed by atoms with van der Waals surface area (Å²) in [4.78, 5) is 0.0220. The molecule has 170 valence electrons. The normalized spacial score (nSPS) is 24.3. The van der Waals surface area contributed by atoms with E-state index in [0.717, 1.165) is 30.5 Å². The van der Waals surface area contributed by atoms with Crippen LogP contribution in [0.5, 0.6) is 5.75 Å². The number of hydrogen-bond donors (Lipinski definition) is 3. The fourth-order valence-electron chi connectivity index (χ4n) is 3.52. The predicted octanol–water partition coefficient (Wildman–Crippen LogP) is 1.09. The van der Waals surface area contributed by atoms with Crippen LogP contribution in [0, 0.1) is 11.2 Å². The fourth-order valence-corrected chi connectivity index (χ4v) is 5.31. The third-order valence-electron chi connectivity index (χ3n) is 5.29. The van der Waals surface area contributed by atoms with E-state index in [1.54, 1.807) is 0 Å². The number of hydrogen-bond acceptors (Lipinski definition) is 7. The van der Waals surface area contributed by atoms with Gasteiger partial charge in [0.05, 0.1) is 28.6 Å². The summed E-state index contributed by atoms with van der Waals surface area (Å²) in [6.45, 7) is -0.145. The Hall–Kier alpha value is -2.05. The summed E-state index contributed by atoms with van der Waals surface area (Å²) in [6, 6.07) is 10.1. The number of aliphatic hydroxyl groups is 2. The molecule has 1 fully saturated rings. The van der Waals surface area contributed by atoms with Crippen molar-refractivity contribution in [2.45, 2.75) is 34.8 Å². The van der Waals surface area contributed by atoms with Crippen molar-refractivity contribution in [3.05, 3.63) is 54.3 Å². The number of rotatable bonds is 8. The zero-order valence-electron chi connectivity index (χ0n) is 16.7. The highest BCUT2D eigenvalue weighted by Gasteiger charge is 2.45. The van der Waals surface area contributed by atoms with Crippen molar-refractivity contribution < 1.29 is 36.2 Å². The number of nitrogens with one attached hydrogen (secondary N) is 1. The maximum Gasteiger partial charge on any atom is 0.240 e. The van der Waals surface area contributed by atoms with Gasteiger partial charge in [-0.05, 0) is 61.4 Å². The highest BCUT2D eigenvalue weighted by atomic mass is 32.2. The first-order valence-electron chi connectivity index (χ1n) is 9.45. The Morgan fingerprint density at radius 2 is 1.48 bits per heavy atom. The van der Waals surface area contributed by atoms with Crippen LogP contribution < -0.4 is 9.46 Å². The first-order valence-corrected chi connectivity index (χ1v) is 12.8. The van der Waals surface area contributed by atoms with Crippen molar-refractivity contribution in [3.8, 4) is 5.75 Å². The Morgan fingerprint density at radius 3 is 2.00 bits per heavy atom. The zero-order chi connectivity index (χ0) is 22.9. The lowest BCUT2D eigenvalue weighted by Crippen LogP contribution is -2.40. The molecule has 0 amide bonds. The Morgan fingerprint density at radius 1 is 0.968 bits per heavy atom. The molecule has 0 spiro atoms. The SMILES string of the molecule is CS(=O)(=O)c1ccc(OCC2(CNS(=O)(=O)c3ccc(F)cc3)CC(O)C(O)C2)cc1. The lowest BCUT2D eigenvalue weighted by Gasteiger charge is -2.29. The predicted molar refractivity (Wildman–Crippen MR) is 110 cm³/mol. The molecule has 3 rings (SSSR count). The summed E-state index contributed by atoms with van der Waals surface area (Å²) in [7, 11) is -7.30.